The topological polar surface area (TPSA) is 12.4 Å². The van der Waals surface area contributed by atoms with Gasteiger partial charge in [-0.05, 0) is 99.0 Å². The molecule has 1 nitrogen and oxygen atoms in total. The second kappa shape index (κ2) is 5.41. The lowest BCUT2D eigenvalue weighted by Gasteiger charge is -2.57. The number of aliphatic imine (C=N–C) groups is 1. The first-order chi connectivity index (χ1) is 10.3. The summed E-state index contributed by atoms with van der Waals surface area (Å²) >= 11 is 0. The number of allylic oxidation sites excluding steroid dienone is 3. The molecule has 1 heterocycles. The fraction of sp³-hybridized carbons (Fsp3) is 0.750. The maximum absolute atomic E-state index is 4.37. The summed E-state index contributed by atoms with van der Waals surface area (Å²) in [6, 6.07) is 0. The van der Waals surface area contributed by atoms with Crippen LogP contribution in [0, 0.1) is 23.2 Å². The molecule has 4 saturated carbocycles. The highest BCUT2D eigenvalue weighted by atomic mass is 14.7. The van der Waals surface area contributed by atoms with E-state index in [9.17, 15) is 0 Å². The van der Waals surface area contributed by atoms with Crippen molar-refractivity contribution in [1.82, 2.24) is 0 Å². The zero-order valence-electron chi connectivity index (χ0n) is 13.5. The molecule has 1 aliphatic heterocycles. The van der Waals surface area contributed by atoms with Crippen molar-refractivity contribution in [2.45, 2.75) is 71.1 Å². The van der Waals surface area contributed by atoms with Crippen LogP contribution in [-0.2, 0) is 0 Å². The van der Waals surface area contributed by atoms with Crippen molar-refractivity contribution in [3.05, 3.63) is 23.4 Å². The second-order valence-electron chi connectivity index (χ2n) is 8.28. The molecule has 5 aliphatic rings. The van der Waals surface area contributed by atoms with E-state index in [1.165, 1.54) is 30.4 Å². The van der Waals surface area contributed by atoms with Crippen molar-refractivity contribution >= 4 is 6.21 Å². The summed E-state index contributed by atoms with van der Waals surface area (Å²) in [5.74, 6) is 3.29. The van der Waals surface area contributed by atoms with Crippen LogP contribution in [0.15, 0.2) is 28.4 Å². The van der Waals surface area contributed by atoms with Gasteiger partial charge in [0.1, 0.15) is 0 Å². The minimum atomic E-state index is 0.753. The van der Waals surface area contributed by atoms with Crippen LogP contribution in [0.5, 0.6) is 0 Å². The van der Waals surface area contributed by atoms with Crippen molar-refractivity contribution in [2.75, 3.05) is 0 Å². The van der Waals surface area contributed by atoms with Gasteiger partial charge in [-0.2, -0.15) is 0 Å². The molecular weight excluding hydrogens is 254 g/mol. The second-order valence-corrected chi connectivity index (χ2v) is 8.28. The SMILES string of the molecule is C/C=C1/CC=NC=C1CCCC12CC3CC(CC(C3)C1)C2. The summed E-state index contributed by atoms with van der Waals surface area (Å²) < 4.78 is 0. The van der Waals surface area contributed by atoms with Crippen LogP contribution in [0.2, 0.25) is 0 Å². The lowest BCUT2D eigenvalue weighted by molar-refractivity contribution is -0.0580. The average Bonchev–Trinajstić information content (AvgIpc) is 2.46. The monoisotopic (exact) mass is 283 g/mol. The molecule has 114 valence electrons. The minimum Gasteiger partial charge on any atom is -0.268 e. The van der Waals surface area contributed by atoms with Crippen LogP contribution in [0.1, 0.15) is 71.1 Å². The third kappa shape index (κ3) is 2.64. The third-order valence-electron chi connectivity index (χ3n) is 6.73. The third-order valence-corrected chi connectivity index (χ3v) is 6.73. The fourth-order valence-electron chi connectivity index (χ4n) is 6.29. The molecule has 0 spiro atoms. The van der Waals surface area contributed by atoms with Gasteiger partial charge in [0.05, 0.1) is 0 Å². The molecule has 0 saturated heterocycles. The molecule has 0 radical (unpaired) electrons. The lowest BCUT2D eigenvalue weighted by atomic mass is 9.48. The first-order valence-electron chi connectivity index (χ1n) is 9.12. The maximum atomic E-state index is 4.37. The normalized spacial score (nSPS) is 42.6. The van der Waals surface area contributed by atoms with Crippen LogP contribution < -0.4 is 0 Å². The van der Waals surface area contributed by atoms with Gasteiger partial charge < -0.3 is 0 Å². The Morgan fingerprint density at radius 3 is 2.43 bits per heavy atom. The minimum absolute atomic E-state index is 0.753. The van der Waals surface area contributed by atoms with Gasteiger partial charge in [0.25, 0.3) is 0 Å². The summed E-state index contributed by atoms with van der Waals surface area (Å²) in [6.45, 7) is 2.17. The maximum Gasteiger partial charge on any atom is 0.0298 e. The highest BCUT2D eigenvalue weighted by Gasteiger charge is 2.50. The first kappa shape index (κ1) is 13.8. The molecule has 4 aliphatic carbocycles. The molecule has 0 aromatic carbocycles. The number of hydrogen-bond donors (Lipinski definition) is 0. The molecular formula is C20H29N. The van der Waals surface area contributed by atoms with E-state index >= 15 is 0 Å². The lowest BCUT2D eigenvalue weighted by Crippen LogP contribution is -2.45. The quantitative estimate of drug-likeness (QED) is 0.629. The smallest absolute Gasteiger partial charge is 0.0298 e. The van der Waals surface area contributed by atoms with Gasteiger partial charge in [-0.1, -0.05) is 6.08 Å². The molecule has 1 heteroatoms. The Morgan fingerprint density at radius 2 is 1.81 bits per heavy atom. The number of hydrogen-bond acceptors (Lipinski definition) is 1. The Morgan fingerprint density at radius 1 is 1.14 bits per heavy atom. The Hall–Kier alpha value is -0.850. The average molecular weight is 283 g/mol. The van der Waals surface area contributed by atoms with Crippen LogP contribution in [-0.4, -0.2) is 6.21 Å². The number of nitrogens with zero attached hydrogens (tertiary/aromatic N) is 1. The van der Waals surface area contributed by atoms with E-state index in [4.69, 9.17) is 0 Å². The van der Waals surface area contributed by atoms with Crippen LogP contribution in [0.4, 0.5) is 0 Å². The first-order valence-corrected chi connectivity index (χ1v) is 9.12. The highest BCUT2D eigenvalue weighted by Crippen LogP contribution is 2.61. The van der Waals surface area contributed by atoms with E-state index in [0.29, 0.717) is 0 Å². The van der Waals surface area contributed by atoms with E-state index in [0.717, 1.165) is 29.6 Å². The van der Waals surface area contributed by atoms with Crippen LogP contribution in [0.3, 0.4) is 0 Å². The van der Waals surface area contributed by atoms with Gasteiger partial charge in [-0.25, -0.2) is 0 Å². The van der Waals surface area contributed by atoms with Gasteiger partial charge in [0.15, 0.2) is 0 Å². The van der Waals surface area contributed by atoms with Crippen LogP contribution >= 0.6 is 0 Å². The van der Waals surface area contributed by atoms with E-state index in [-0.39, 0.29) is 0 Å². The van der Waals surface area contributed by atoms with Crippen molar-refractivity contribution < 1.29 is 0 Å². The van der Waals surface area contributed by atoms with Gasteiger partial charge >= 0.3 is 0 Å². The van der Waals surface area contributed by atoms with E-state index < -0.39 is 0 Å². The van der Waals surface area contributed by atoms with Gasteiger partial charge in [-0.3, -0.25) is 4.99 Å². The zero-order chi connectivity index (χ0) is 14.3. The van der Waals surface area contributed by atoms with Crippen LogP contribution in [0.25, 0.3) is 0 Å². The number of rotatable bonds is 4. The summed E-state index contributed by atoms with van der Waals surface area (Å²) in [4.78, 5) is 4.37. The molecule has 0 unspecified atom stereocenters. The molecule has 4 bridgehead atoms. The fourth-order valence-corrected chi connectivity index (χ4v) is 6.29. The molecule has 0 atom stereocenters. The molecule has 0 aromatic heterocycles. The standard InChI is InChI=1S/C20H29N/c1-2-18-5-7-21-14-19(18)4-3-6-20-11-15-8-16(12-20)10-17(9-15)13-20/h2,7,14-17H,3-6,8-13H2,1H3/b18-2-. The summed E-state index contributed by atoms with van der Waals surface area (Å²) in [5.41, 5.74) is 3.77. The summed E-state index contributed by atoms with van der Waals surface area (Å²) in [7, 11) is 0. The Bertz CT molecular complexity index is 459. The van der Waals surface area contributed by atoms with Gasteiger partial charge in [0, 0.05) is 18.8 Å². The largest absolute Gasteiger partial charge is 0.268 e. The van der Waals surface area contributed by atoms with Crippen molar-refractivity contribution in [3.8, 4) is 0 Å². The Balaban J connectivity index is 1.37. The van der Waals surface area contributed by atoms with E-state index in [1.54, 1.807) is 38.5 Å². The molecule has 0 aromatic rings. The predicted molar refractivity (Wildman–Crippen MR) is 89.4 cm³/mol. The summed E-state index contributed by atoms with van der Waals surface area (Å²) in [6.07, 6.45) is 21.0. The summed E-state index contributed by atoms with van der Waals surface area (Å²) in [5, 5.41) is 0. The molecule has 5 rings (SSSR count). The highest BCUT2D eigenvalue weighted by molar-refractivity contribution is 5.67. The Labute approximate surface area is 129 Å². The molecule has 21 heavy (non-hydrogen) atoms. The molecule has 0 amide bonds. The zero-order valence-corrected chi connectivity index (χ0v) is 13.5. The van der Waals surface area contributed by atoms with Crippen molar-refractivity contribution in [1.29, 1.82) is 0 Å². The molecule has 0 N–H and O–H groups in total. The van der Waals surface area contributed by atoms with Gasteiger partial charge in [0.2, 0.25) is 0 Å². The van der Waals surface area contributed by atoms with Crippen molar-refractivity contribution in [2.24, 2.45) is 28.2 Å². The van der Waals surface area contributed by atoms with Gasteiger partial charge in [-0.15, -0.1) is 0 Å². The van der Waals surface area contributed by atoms with E-state index in [1.807, 2.05) is 6.21 Å². The molecule has 4 fully saturated rings. The van der Waals surface area contributed by atoms with E-state index in [2.05, 4.69) is 24.2 Å². The Kier molecular flexibility index (Phi) is 3.55. The van der Waals surface area contributed by atoms with Crippen molar-refractivity contribution in [3.63, 3.8) is 0 Å². The predicted octanol–water partition coefficient (Wildman–Crippen LogP) is 5.68.